The van der Waals surface area contributed by atoms with E-state index in [1.165, 1.54) is 7.11 Å². The highest BCUT2D eigenvalue weighted by molar-refractivity contribution is 5.88. The maximum atomic E-state index is 11.8. The molecule has 3 aromatic rings. The van der Waals surface area contributed by atoms with Gasteiger partial charge in [-0.15, -0.1) is 0 Å². The number of carbonyl (C=O) groups is 1. The Balaban J connectivity index is 2.13. The van der Waals surface area contributed by atoms with Crippen molar-refractivity contribution in [3.63, 3.8) is 0 Å². The molecule has 9 nitrogen and oxygen atoms in total. The average Bonchev–Trinajstić information content (AvgIpc) is 3.08. The summed E-state index contributed by atoms with van der Waals surface area (Å²) in [6.45, 7) is 4.24. The number of hydrogen-bond donors (Lipinski definition) is 3. The number of amides is 2. The van der Waals surface area contributed by atoms with Crippen molar-refractivity contribution in [2.24, 2.45) is 0 Å². The minimum Gasteiger partial charge on any atom is -0.338 e. The van der Waals surface area contributed by atoms with E-state index in [4.69, 9.17) is 9.82 Å². The molecule has 0 saturated heterocycles. The maximum Gasteiger partial charge on any atom is 0.320 e. The van der Waals surface area contributed by atoms with Crippen LogP contribution in [-0.2, 0) is 4.84 Å². The van der Waals surface area contributed by atoms with Crippen LogP contribution in [0.5, 0.6) is 0 Å². The topological polar surface area (TPSA) is 105 Å². The molecule has 27 heavy (non-hydrogen) atoms. The Morgan fingerprint density at radius 1 is 1.37 bits per heavy atom. The molecule has 2 amide bonds. The Hall–Kier alpha value is -3.46. The second-order valence-corrected chi connectivity index (χ2v) is 5.55. The van der Waals surface area contributed by atoms with Gasteiger partial charge in [-0.3, -0.25) is 25.0 Å². The van der Waals surface area contributed by atoms with Crippen molar-refractivity contribution in [1.29, 1.82) is 0 Å². The maximum absolute atomic E-state index is 11.8. The molecular weight excluding hydrogens is 346 g/mol. The van der Waals surface area contributed by atoms with E-state index in [1.54, 1.807) is 23.0 Å². The van der Waals surface area contributed by atoms with Crippen LogP contribution in [0.4, 0.5) is 10.6 Å². The third kappa shape index (κ3) is 4.04. The summed E-state index contributed by atoms with van der Waals surface area (Å²) in [5.74, 6) is 1.01. The number of urea groups is 1. The summed E-state index contributed by atoms with van der Waals surface area (Å²) in [4.78, 5) is 30.3. The molecule has 0 aliphatic rings. The van der Waals surface area contributed by atoms with Gasteiger partial charge in [0.2, 0.25) is 0 Å². The molecular formula is C18H21N7O2. The van der Waals surface area contributed by atoms with Crippen LogP contribution < -0.4 is 16.1 Å². The summed E-state index contributed by atoms with van der Waals surface area (Å²) >= 11 is 0. The number of nitrogens with one attached hydrogen (secondary N) is 3. The number of anilines is 1. The van der Waals surface area contributed by atoms with Gasteiger partial charge in [0.25, 0.3) is 0 Å². The first kappa shape index (κ1) is 18.3. The molecule has 140 valence electrons. The van der Waals surface area contributed by atoms with Crippen molar-refractivity contribution < 1.29 is 9.63 Å². The minimum atomic E-state index is -0.316. The van der Waals surface area contributed by atoms with Crippen molar-refractivity contribution in [3.05, 3.63) is 48.7 Å². The number of hydroxylamine groups is 1. The van der Waals surface area contributed by atoms with Crippen LogP contribution in [0.25, 0.3) is 22.6 Å². The molecule has 0 aliphatic carbocycles. The lowest BCUT2D eigenvalue weighted by atomic mass is 10.2. The predicted octanol–water partition coefficient (Wildman–Crippen LogP) is 2.44. The van der Waals surface area contributed by atoms with Gasteiger partial charge in [-0.1, -0.05) is 6.08 Å². The first-order valence-electron chi connectivity index (χ1n) is 8.47. The summed E-state index contributed by atoms with van der Waals surface area (Å²) in [5.41, 5.74) is 5.68. The number of rotatable bonds is 6. The van der Waals surface area contributed by atoms with Gasteiger partial charge in [0.05, 0.1) is 24.7 Å². The molecule has 0 bridgehead atoms. The fourth-order valence-electron chi connectivity index (χ4n) is 2.57. The smallest absolute Gasteiger partial charge is 0.320 e. The van der Waals surface area contributed by atoms with Gasteiger partial charge in [-0.25, -0.2) is 14.8 Å². The zero-order valence-electron chi connectivity index (χ0n) is 15.4. The van der Waals surface area contributed by atoms with E-state index in [1.807, 2.05) is 38.1 Å². The fourth-order valence-corrected chi connectivity index (χ4v) is 2.57. The SMILES string of the molecule is CC=C(NOC)c1nc(-c2cccnc2)cc2nc(NC(=O)NCC)cn12. The summed E-state index contributed by atoms with van der Waals surface area (Å²) in [6.07, 6.45) is 6.99. The van der Waals surface area contributed by atoms with Gasteiger partial charge in [0, 0.05) is 30.6 Å². The highest BCUT2D eigenvalue weighted by Gasteiger charge is 2.15. The first-order chi connectivity index (χ1) is 13.2. The fraction of sp³-hybridized carbons (Fsp3) is 0.222. The van der Waals surface area contributed by atoms with E-state index < -0.39 is 0 Å². The van der Waals surface area contributed by atoms with E-state index in [2.05, 4.69) is 26.1 Å². The molecule has 3 N–H and O–H groups in total. The number of carbonyl (C=O) groups excluding carboxylic acids is 1. The van der Waals surface area contributed by atoms with Gasteiger partial charge < -0.3 is 5.32 Å². The minimum absolute atomic E-state index is 0.316. The van der Waals surface area contributed by atoms with E-state index in [-0.39, 0.29) is 6.03 Å². The van der Waals surface area contributed by atoms with Crippen LogP contribution in [0.2, 0.25) is 0 Å². The number of imidazole rings is 1. The van der Waals surface area contributed by atoms with Crippen molar-refractivity contribution in [2.75, 3.05) is 19.0 Å². The van der Waals surface area contributed by atoms with Gasteiger partial charge in [-0.05, 0) is 26.0 Å². The Bertz CT molecular complexity index is 967. The number of hydrogen-bond acceptors (Lipinski definition) is 6. The normalized spacial score (nSPS) is 11.4. The third-order valence-corrected chi connectivity index (χ3v) is 3.73. The summed E-state index contributed by atoms with van der Waals surface area (Å²) in [6, 6.07) is 5.29. The number of aromatic nitrogens is 4. The molecule has 0 aromatic carbocycles. The van der Waals surface area contributed by atoms with E-state index in [0.29, 0.717) is 35.2 Å². The number of pyridine rings is 1. The molecule has 3 heterocycles. The monoisotopic (exact) mass is 367 g/mol. The van der Waals surface area contributed by atoms with Gasteiger partial charge in [0.15, 0.2) is 11.6 Å². The Morgan fingerprint density at radius 2 is 2.22 bits per heavy atom. The van der Waals surface area contributed by atoms with Crippen LogP contribution in [-0.4, -0.2) is 39.0 Å². The van der Waals surface area contributed by atoms with Crippen molar-refractivity contribution in [2.45, 2.75) is 13.8 Å². The van der Waals surface area contributed by atoms with E-state index >= 15 is 0 Å². The number of fused-ring (bicyclic) bond motifs is 1. The lowest BCUT2D eigenvalue weighted by Gasteiger charge is -2.11. The average molecular weight is 367 g/mol. The highest BCUT2D eigenvalue weighted by Crippen LogP contribution is 2.23. The second-order valence-electron chi connectivity index (χ2n) is 5.55. The predicted molar refractivity (Wildman–Crippen MR) is 103 cm³/mol. The second kappa shape index (κ2) is 8.28. The highest BCUT2D eigenvalue weighted by atomic mass is 16.6. The molecule has 0 radical (unpaired) electrons. The van der Waals surface area contributed by atoms with Gasteiger partial charge >= 0.3 is 6.03 Å². The molecule has 9 heteroatoms. The van der Waals surface area contributed by atoms with Crippen LogP contribution in [0, 0.1) is 0 Å². The molecule has 0 atom stereocenters. The summed E-state index contributed by atoms with van der Waals surface area (Å²) < 4.78 is 1.78. The van der Waals surface area contributed by atoms with Crippen LogP contribution in [0.3, 0.4) is 0 Å². The van der Waals surface area contributed by atoms with Crippen molar-refractivity contribution >= 4 is 23.2 Å². The van der Waals surface area contributed by atoms with Crippen molar-refractivity contribution in [3.8, 4) is 11.3 Å². The zero-order chi connectivity index (χ0) is 19.2. The molecule has 3 aromatic heterocycles. The quantitative estimate of drug-likeness (QED) is 0.578. The van der Waals surface area contributed by atoms with E-state index in [0.717, 1.165) is 5.56 Å². The third-order valence-electron chi connectivity index (χ3n) is 3.73. The standard InChI is InChI=1S/C18H21N7O2/c1-4-13(24-27-3)17-21-14(12-7-6-8-19-10-12)9-16-22-15(11-25(16)17)23-18(26)20-5-2/h4,6-11,24H,5H2,1-3H3,(H2,20,23,26). The first-order valence-corrected chi connectivity index (χ1v) is 8.47. The van der Waals surface area contributed by atoms with Crippen LogP contribution >= 0.6 is 0 Å². The zero-order valence-corrected chi connectivity index (χ0v) is 15.4. The van der Waals surface area contributed by atoms with Gasteiger partial charge in [0.1, 0.15) is 5.65 Å². The number of nitrogens with zero attached hydrogens (tertiary/aromatic N) is 4. The largest absolute Gasteiger partial charge is 0.338 e. The Labute approximate surface area is 156 Å². The molecule has 0 spiro atoms. The Morgan fingerprint density at radius 3 is 2.89 bits per heavy atom. The van der Waals surface area contributed by atoms with Crippen molar-refractivity contribution in [1.82, 2.24) is 30.1 Å². The molecule has 0 unspecified atom stereocenters. The van der Waals surface area contributed by atoms with E-state index in [9.17, 15) is 4.79 Å². The summed E-state index contributed by atoms with van der Waals surface area (Å²) in [7, 11) is 1.53. The number of allylic oxidation sites excluding steroid dienone is 1. The molecule has 0 aliphatic heterocycles. The molecule has 0 fully saturated rings. The van der Waals surface area contributed by atoms with Gasteiger partial charge in [-0.2, -0.15) is 0 Å². The summed E-state index contributed by atoms with van der Waals surface area (Å²) in [5, 5.41) is 5.39. The van der Waals surface area contributed by atoms with Crippen LogP contribution in [0.15, 0.2) is 42.9 Å². The Kier molecular flexibility index (Phi) is 5.62. The molecule has 0 saturated carbocycles. The lowest BCUT2D eigenvalue weighted by Crippen LogP contribution is -2.28. The molecule has 3 rings (SSSR count). The van der Waals surface area contributed by atoms with Crippen LogP contribution in [0.1, 0.15) is 19.7 Å². The lowest BCUT2D eigenvalue weighted by molar-refractivity contribution is 0.136.